The van der Waals surface area contributed by atoms with Gasteiger partial charge in [-0.15, -0.1) is 0 Å². The number of hydrogen-bond acceptors (Lipinski definition) is 3. The summed E-state index contributed by atoms with van der Waals surface area (Å²) in [6.07, 6.45) is 3.21. The molecule has 2 aromatic carbocycles. The molecule has 0 radical (unpaired) electrons. The molecule has 0 saturated carbocycles. The Morgan fingerprint density at radius 3 is 2.31 bits per heavy atom. The largest absolute Gasteiger partial charge is 0.496 e. The maximum atomic E-state index is 13.4. The molecular formula is C22H22F2N2O3. The van der Waals surface area contributed by atoms with Gasteiger partial charge in [0.15, 0.2) is 11.6 Å². The number of amides is 2. The van der Waals surface area contributed by atoms with E-state index in [0.717, 1.165) is 23.3 Å². The van der Waals surface area contributed by atoms with Gasteiger partial charge >= 0.3 is 0 Å². The van der Waals surface area contributed by atoms with Crippen molar-refractivity contribution in [3.63, 3.8) is 0 Å². The first-order chi connectivity index (χ1) is 13.9. The second-order valence-corrected chi connectivity index (χ2v) is 6.83. The van der Waals surface area contributed by atoms with Crippen molar-refractivity contribution >= 4 is 17.9 Å². The summed E-state index contributed by atoms with van der Waals surface area (Å²) in [6, 6.07) is 8.81. The fourth-order valence-electron chi connectivity index (χ4n) is 3.19. The topological polar surface area (TPSA) is 49.9 Å². The highest BCUT2D eigenvalue weighted by Crippen LogP contribution is 2.21. The molecule has 2 amide bonds. The average molecular weight is 400 g/mol. The molecule has 1 heterocycles. The monoisotopic (exact) mass is 400 g/mol. The van der Waals surface area contributed by atoms with Gasteiger partial charge in [0.25, 0.3) is 5.91 Å². The summed E-state index contributed by atoms with van der Waals surface area (Å²) >= 11 is 0. The first-order valence-electron chi connectivity index (χ1n) is 9.25. The quantitative estimate of drug-likeness (QED) is 0.740. The van der Waals surface area contributed by atoms with Gasteiger partial charge in [-0.2, -0.15) is 0 Å². The van der Waals surface area contributed by atoms with E-state index in [1.54, 1.807) is 18.1 Å². The van der Waals surface area contributed by atoms with Gasteiger partial charge in [0, 0.05) is 43.4 Å². The number of halogens is 2. The highest BCUT2D eigenvalue weighted by molar-refractivity contribution is 5.95. The van der Waals surface area contributed by atoms with Gasteiger partial charge in [0.1, 0.15) is 5.75 Å². The minimum atomic E-state index is -1.05. The van der Waals surface area contributed by atoms with E-state index in [4.69, 9.17) is 4.74 Å². The SMILES string of the molecule is COc1ccc(C)cc1/C=C/C(=O)N1CCN(C(=O)c2ccc(F)c(F)c2)CC1. The van der Waals surface area contributed by atoms with Crippen LogP contribution >= 0.6 is 0 Å². The second kappa shape index (κ2) is 8.86. The van der Waals surface area contributed by atoms with Gasteiger partial charge < -0.3 is 14.5 Å². The Bertz CT molecular complexity index is 951. The summed E-state index contributed by atoms with van der Waals surface area (Å²) in [5.74, 6) is -1.90. The van der Waals surface area contributed by atoms with Crippen LogP contribution in [-0.4, -0.2) is 54.9 Å². The Morgan fingerprint density at radius 2 is 1.66 bits per heavy atom. The minimum Gasteiger partial charge on any atom is -0.496 e. The van der Waals surface area contributed by atoms with Gasteiger partial charge in [-0.1, -0.05) is 11.6 Å². The van der Waals surface area contributed by atoms with Crippen LogP contribution in [0.25, 0.3) is 6.08 Å². The third-order valence-electron chi connectivity index (χ3n) is 4.84. The lowest BCUT2D eigenvalue weighted by Crippen LogP contribution is -2.50. The molecule has 0 aromatic heterocycles. The zero-order valence-corrected chi connectivity index (χ0v) is 16.3. The minimum absolute atomic E-state index is 0.0927. The van der Waals surface area contributed by atoms with Crippen molar-refractivity contribution in [1.29, 1.82) is 0 Å². The molecule has 0 spiro atoms. The summed E-state index contributed by atoms with van der Waals surface area (Å²) in [7, 11) is 1.58. The Kier molecular flexibility index (Phi) is 6.26. The summed E-state index contributed by atoms with van der Waals surface area (Å²) in [5.41, 5.74) is 1.96. The van der Waals surface area contributed by atoms with Crippen LogP contribution in [0.3, 0.4) is 0 Å². The molecule has 1 aliphatic rings. The molecule has 0 aliphatic carbocycles. The van der Waals surface area contributed by atoms with E-state index in [2.05, 4.69) is 0 Å². The normalized spacial score (nSPS) is 14.3. The van der Waals surface area contributed by atoms with Gasteiger partial charge in [-0.25, -0.2) is 8.78 Å². The van der Waals surface area contributed by atoms with E-state index in [1.165, 1.54) is 17.0 Å². The second-order valence-electron chi connectivity index (χ2n) is 6.83. The van der Waals surface area contributed by atoms with E-state index in [-0.39, 0.29) is 17.4 Å². The smallest absolute Gasteiger partial charge is 0.254 e. The lowest BCUT2D eigenvalue weighted by molar-refractivity contribution is -0.127. The molecule has 152 valence electrons. The molecule has 1 fully saturated rings. The van der Waals surface area contributed by atoms with Crippen LogP contribution < -0.4 is 4.74 Å². The number of benzene rings is 2. The summed E-state index contributed by atoms with van der Waals surface area (Å²) in [4.78, 5) is 28.1. The van der Waals surface area contributed by atoms with Gasteiger partial charge in [0.05, 0.1) is 7.11 Å². The third-order valence-corrected chi connectivity index (χ3v) is 4.84. The number of carbonyl (C=O) groups excluding carboxylic acids is 2. The number of ether oxygens (including phenoxy) is 1. The number of hydrogen-bond donors (Lipinski definition) is 0. The first-order valence-corrected chi connectivity index (χ1v) is 9.25. The molecule has 0 bridgehead atoms. The van der Waals surface area contributed by atoms with Crippen LogP contribution in [0, 0.1) is 18.6 Å². The average Bonchev–Trinajstić information content (AvgIpc) is 2.73. The molecule has 0 N–H and O–H groups in total. The Morgan fingerprint density at radius 1 is 0.966 bits per heavy atom. The zero-order valence-electron chi connectivity index (χ0n) is 16.3. The van der Waals surface area contributed by atoms with Crippen molar-refractivity contribution in [3.05, 3.63) is 70.8 Å². The van der Waals surface area contributed by atoms with E-state index >= 15 is 0 Å². The molecule has 1 aliphatic heterocycles. The van der Waals surface area contributed by atoms with E-state index in [9.17, 15) is 18.4 Å². The van der Waals surface area contributed by atoms with Crippen molar-refractivity contribution in [3.8, 4) is 5.75 Å². The van der Waals surface area contributed by atoms with Gasteiger partial charge in [-0.3, -0.25) is 9.59 Å². The number of nitrogens with zero attached hydrogens (tertiary/aromatic N) is 2. The Balaban J connectivity index is 1.60. The van der Waals surface area contributed by atoms with Crippen LogP contribution in [0.4, 0.5) is 8.78 Å². The zero-order chi connectivity index (χ0) is 21.0. The van der Waals surface area contributed by atoms with Gasteiger partial charge in [0.2, 0.25) is 5.91 Å². The fraction of sp³-hybridized carbons (Fsp3) is 0.273. The van der Waals surface area contributed by atoms with Crippen LogP contribution in [0.1, 0.15) is 21.5 Å². The molecule has 29 heavy (non-hydrogen) atoms. The Labute approximate surface area is 168 Å². The maximum Gasteiger partial charge on any atom is 0.254 e. The molecule has 7 heteroatoms. The van der Waals surface area contributed by atoms with Gasteiger partial charge in [-0.05, 0) is 43.3 Å². The van der Waals surface area contributed by atoms with Crippen LogP contribution in [0.2, 0.25) is 0 Å². The van der Waals surface area contributed by atoms with Crippen LogP contribution in [0.5, 0.6) is 5.75 Å². The van der Waals surface area contributed by atoms with Crippen molar-refractivity contribution in [2.75, 3.05) is 33.3 Å². The first kappa shape index (κ1) is 20.5. The lowest BCUT2D eigenvalue weighted by atomic mass is 10.1. The Hall–Kier alpha value is -3.22. The summed E-state index contributed by atoms with van der Waals surface area (Å²) in [5, 5.41) is 0. The number of piperazine rings is 1. The van der Waals surface area contributed by atoms with Crippen molar-refractivity contribution in [2.45, 2.75) is 6.92 Å². The number of aryl methyl sites for hydroxylation is 1. The molecule has 0 unspecified atom stereocenters. The molecule has 1 saturated heterocycles. The third kappa shape index (κ3) is 4.80. The number of methoxy groups -OCH3 is 1. The highest BCUT2D eigenvalue weighted by Gasteiger charge is 2.24. The predicted molar refractivity (Wildman–Crippen MR) is 106 cm³/mol. The summed E-state index contributed by atoms with van der Waals surface area (Å²) < 4.78 is 31.7. The fourth-order valence-corrected chi connectivity index (χ4v) is 3.19. The van der Waals surface area contributed by atoms with E-state index in [0.29, 0.717) is 31.9 Å². The number of rotatable bonds is 4. The molecule has 2 aromatic rings. The maximum absolute atomic E-state index is 13.4. The van der Waals surface area contributed by atoms with E-state index < -0.39 is 11.6 Å². The molecular weight excluding hydrogens is 378 g/mol. The van der Waals surface area contributed by atoms with Crippen molar-refractivity contribution < 1.29 is 23.1 Å². The lowest BCUT2D eigenvalue weighted by Gasteiger charge is -2.34. The molecule has 0 atom stereocenters. The highest BCUT2D eigenvalue weighted by atomic mass is 19.2. The predicted octanol–water partition coefficient (Wildman–Crippen LogP) is 3.28. The van der Waals surface area contributed by atoms with E-state index in [1.807, 2.05) is 25.1 Å². The van der Waals surface area contributed by atoms with Crippen LogP contribution in [-0.2, 0) is 4.79 Å². The van der Waals surface area contributed by atoms with Crippen LogP contribution in [0.15, 0.2) is 42.5 Å². The number of carbonyl (C=O) groups is 2. The summed E-state index contributed by atoms with van der Waals surface area (Å²) in [6.45, 7) is 3.34. The standard InChI is InChI=1S/C22H22F2N2O3/c1-15-3-7-20(29-2)16(13-15)5-8-21(27)25-9-11-26(12-10-25)22(28)17-4-6-18(23)19(24)14-17/h3-8,13-14H,9-12H2,1-2H3/b8-5+. The molecule has 5 nitrogen and oxygen atoms in total. The molecule has 3 rings (SSSR count). The van der Waals surface area contributed by atoms with Crippen molar-refractivity contribution in [2.24, 2.45) is 0 Å². The van der Waals surface area contributed by atoms with Crippen molar-refractivity contribution in [1.82, 2.24) is 9.80 Å².